The number of carboxylic acids is 1. The molecule has 116 valence electrons. The number of anilines is 1. The van der Waals surface area contributed by atoms with E-state index in [0.717, 1.165) is 25.0 Å². The number of ether oxygens (including phenoxy) is 1. The van der Waals surface area contributed by atoms with Gasteiger partial charge in [0.1, 0.15) is 0 Å². The molecular weight excluding hydrogens is 287 g/mol. The van der Waals surface area contributed by atoms with Crippen LogP contribution in [0.3, 0.4) is 0 Å². The van der Waals surface area contributed by atoms with E-state index in [9.17, 15) is 18.0 Å². The number of aromatic carboxylic acids is 1. The van der Waals surface area contributed by atoms with E-state index in [4.69, 9.17) is 9.84 Å². The summed E-state index contributed by atoms with van der Waals surface area (Å²) in [7, 11) is 0. The molecule has 2 N–H and O–H groups in total. The lowest BCUT2D eigenvalue weighted by atomic mass is 10.1. The molecule has 0 saturated carbocycles. The summed E-state index contributed by atoms with van der Waals surface area (Å²) in [5.41, 5.74) is -1.21. The third-order valence-corrected chi connectivity index (χ3v) is 3.48. The lowest BCUT2D eigenvalue weighted by molar-refractivity contribution is -0.137. The SMILES string of the molecule is CC(Nc1ccc(C(F)(F)F)cc1C(=O)O)C1CCCO1. The number of nitrogens with one attached hydrogen (secondary N) is 1. The Morgan fingerprint density at radius 1 is 1.48 bits per heavy atom. The summed E-state index contributed by atoms with van der Waals surface area (Å²) >= 11 is 0. The van der Waals surface area contributed by atoms with Gasteiger partial charge in [0.15, 0.2) is 0 Å². The molecule has 1 aromatic carbocycles. The topological polar surface area (TPSA) is 58.6 Å². The third-order valence-electron chi connectivity index (χ3n) is 3.48. The van der Waals surface area contributed by atoms with Crippen molar-refractivity contribution < 1.29 is 27.8 Å². The van der Waals surface area contributed by atoms with Crippen molar-refractivity contribution in [2.24, 2.45) is 0 Å². The highest BCUT2D eigenvalue weighted by molar-refractivity contribution is 5.94. The fraction of sp³-hybridized carbons (Fsp3) is 0.500. The molecule has 21 heavy (non-hydrogen) atoms. The predicted molar refractivity (Wildman–Crippen MR) is 70.5 cm³/mol. The van der Waals surface area contributed by atoms with E-state index in [1.54, 1.807) is 0 Å². The molecule has 0 spiro atoms. The molecule has 1 aliphatic rings. The highest BCUT2D eigenvalue weighted by Crippen LogP contribution is 2.32. The number of rotatable bonds is 4. The molecule has 0 amide bonds. The second-order valence-electron chi connectivity index (χ2n) is 5.05. The molecule has 2 atom stereocenters. The van der Waals surface area contributed by atoms with Gasteiger partial charge in [0.05, 0.1) is 17.2 Å². The first-order valence-electron chi connectivity index (χ1n) is 6.61. The van der Waals surface area contributed by atoms with Crippen molar-refractivity contribution in [1.82, 2.24) is 0 Å². The van der Waals surface area contributed by atoms with E-state index in [1.807, 2.05) is 6.92 Å². The smallest absolute Gasteiger partial charge is 0.416 e. The summed E-state index contributed by atoms with van der Waals surface area (Å²) in [6.07, 6.45) is -2.86. The minimum Gasteiger partial charge on any atom is -0.478 e. The standard InChI is InChI=1S/C14H16F3NO3/c1-8(12-3-2-6-21-12)18-11-5-4-9(14(15,16)17)7-10(11)13(19)20/h4-5,7-8,12,18H,2-3,6H2,1H3,(H,19,20). The molecule has 0 aromatic heterocycles. The maximum Gasteiger partial charge on any atom is 0.416 e. The molecule has 2 rings (SSSR count). The molecular formula is C14H16F3NO3. The number of halogens is 3. The van der Waals surface area contributed by atoms with Crippen LogP contribution in [0.1, 0.15) is 35.7 Å². The molecule has 0 radical (unpaired) electrons. The van der Waals surface area contributed by atoms with Gasteiger partial charge in [-0.1, -0.05) is 0 Å². The lowest BCUT2D eigenvalue weighted by Crippen LogP contribution is -2.30. The van der Waals surface area contributed by atoms with Crippen LogP contribution in [0.4, 0.5) is 18.9 Å². The maximum absolute atomic E-state index is 12.6. The largest absolute Gasteiger partial charge is 0.478 e. The Morgan fingerprint density at radius 2 is 2.19 bits per heavy atom. The Balaban J connectivity index is 2.24. The van der Waals surface area contributed by atoms with Gasteiger partial charge >= 0.3 is 12.1 Å². The van der Waals surface area contributed by atoms with E-state index >= 15 is 0 Å². The zero-order valence-electron chi connectivity index (χ0n) is 11.4. The molecule has 7 heteroatoms. The van der Waals surface area contributed by atoms with Gasteiger partial charge in [-0.3, -0.25) is 0 Å². The molecule has 1 fully saturated rings. The van der Waals surface area contributed by atoms with Gasteiger partial charge in [-0.25, -0.2) is 4.79 Å². The Hall–Kier alpha value is -1.76. The number of hydrogen-bond donors (Lipinski definition) is 2. The second kappa shape index (κ2) is 5.93. The highest BCUT2D eigenvalue weighted by atomic mass is 19.4. The van der Waals surface area contributed by atoms with Gasteiger partial charge in [-0.2, -0.15) is 13.2 Å². The summed E-state index contributed by atoms with van der Waals surface area (Å²) in [6.45, 7) is 2.47. The van der Waals surface area contributed by atoms with Crippen LogP contribution in [0.5, 0.6) is 0 Å². The average Bonchev–Trinajstić information content (AvgIpc) is 2.91. The minimum absolute atomic E-state index is 0.0612. The van der Waals surface area contributed by atoms with Crippen LogP contribution < -0.4 is 5.32 Å². The molecule has 1 saturated heterocycles. The Kier molecular flexibility index (Phi) is 4.41. The molecule has 1 aliphatic heterocycles. The first-order valence-corrected chi connectivity index (χ1v) is 6.61. The highest BCUT2D eigenvalue weighted by Gasteiger charge is 2.32. The van der Waals surface area contributed by atoms with Crippen molar-refractivity contribution in [1.29, 1.82) is 0 Å². The number of carboxylic acid groups (broad SMARTS) is 1. The third kappa shape index (κ3) is 3.66. The van der Waals surface area contributed by atoms with Crippen molar-refractivity contribution in [3.8, 4) is 0 Å². The fourth-order valence-electron chi connectivity index (χ4n) is 2.36. The van der Waals surface area contributed by atoms with Crippen LogP contribution in [0.25, 0.3) is 0 Å². The van der Waals surface area contributed by atoms with E-state index in [2.05, 4.69) is 5.32 Å². The normalized spacial score (nSPS) is 20.3. The predicted octanol–water partition coefficient (Wildman–Crippen LogP) is 3.38. The Labute approximate surface area is 119 Å². The van der Waals surface area contributed by atoms with E-state index in [-0.39, 0.29) is 17.8 Å². The van der Waals surface area contributed by atoms with Gasteiger partial charge in [-0.15, -0.1) is 0 Å². The zero-order chi connectivity index (χ0) is 15.6. The van der Waals surface area contributed by atoms with Gasteiger partial charge in [0.2, 0.25) is 0 Å². The molecule has 0 aliphatic carbocycles. The van der Waals surface area contributed by atoms with Crippen LogP contribution in [-0.4, -0.2) is 29.8 Å². The Bertz CT molecular complexity index is 525. The summed E-state index contributed by atoms with van der Waals surface area (Å²) in [5.74, 6) is -1.40. The maximum atomic E-state index is 12.6. The van der Waals surface area contributed by atoms with Crippen molar-refractivity contribution in [3.63, 3.8) is 0 Å². The van der Waals surface area contributed by atoms with Gasteiger partial charge < -0.3 is 15.2 Å². The van der Waals surface area contributed by atoms with Crippen molar-refractivity contribution in [2.75, 3.05) is 11.9 Å². The molecule has 1 aromatic rings. The second-order valence-corrected chi connectivity index (χ2v) is 5.05. The van der Waals surface area contributed by atoms with Crippen LogP contribution in [0, 0.1) is 0 Å². The first-order chi connectivity index (χ1) is 9.79. The van der Waals surface area contributed by atoms with Gasteiger partial charge in [0, 0.05) is 18.3 Å². The number of alkyl halides is 3. The first kappa shape index (κ1) is 15.6. The number of carbonyl (C=O) groups is 1. The molecule has 4 nitrogen and oxygen atoms in total. The average molecular weight is 303 g/mol. The summed E-state index contributed by atoms with van der Waals surface area (Å²) in [6, 6.07) is 2.49. The number of hydrogen-bond acceptors (Lipinski definition) is 3. The molecule has 0 bridgehead atoms. The van der Waals surface area contributed by atoms with Gasteiger partial charge in [-0.05, 0) is 38.0 Å². The van der Waals surface area contributed by atoms with Crippen LogP contribution >= 0.6 is 0 Å². The quantitative estimate of drug-likeness (QED) is 0.895. The minimum atomic E-state index is -4.57. The number of benzene rings is 1. The van der Waals surface area contributed by atoms with Crippen molar-refractivity contribution in [2.45, 2.75) is 38.1 Å². The Morgan fingerprint density at radius 3 is 2.71 bits per heavy atom. The molecule has 1 heterocycles. The van der Waals surface area contributed by atoms with Crippen molar-refractivity contribution >= 4 is 11.7 Å². The van der Waals surface area contributed by atoms with E-state index < -0.39 is 23.3 Å². The lowest BCUT2D eigenvalue weighted by Gasteiger charge is -2.22. The summed E-state index contributed by atoms with van der Waals surface area (Å²) in [5, 5.41) is 12.0. The fourth-order valence-corrected chi connectivity index (χ4v) is 2.36. The van der Waals surface area contributed by atoms with Crippen LogP contribution in [0.15, 0.2) is 18.2 Å². The summed E-state index contributed by atoms with van der Waals surface area (Å²) in [4.78, 5) is 11.2. The van der Waals surface area contributed by atoms with Crippen LogP contribution in [0.2, 0.25) is 0 Å². The summed E-state index contributed by atoms with van der Waals surface area (Å²) < 4.78 is 43.4. The van der Waals surface area contributed by atoms with E-state index in [0.29, 0.717) is 12.7 Å². The van der Waals surface area contributed by atoms with Crippen LogP contribution in [-0.2, 0) is 10.9 Å². The van der Waals surface area contributed by atoms with E-state index in [1.165, 1.54) is 0 Å². The monoisotopic (exact) mass is 303 g/mol. The molecule has 2 unspecified atom stereocenters. The zero-order valence-corrected chi connectivity index (χ0v) is 11.4. The van der Waals surface area contributed by atoms with Crippen molar-refractivity contribution in [3.05, 3.63) is 29.3 Å². The van der Waals surface area contributed by atoms with Gasteiger partial charge in [0.25, 0.3) is 0 Å².